The van der Waals surface area contributed by atoms with E-state index < -0.39 is 0 Å². The molecular weight excluding hydrogens is 436 g/mol. The molecule has 0 saturated carbocycles. The highest BCUT2D eigenvalue weighted by Crippen LogP contribution is 2.44. The minimum Gasteiger partial charge on any atom is -0.308 e. The van der Waals surface area contributed by atoms with Crippen LogP contribution in [0.5, 0.6) is 0 Å². The van der Waals surface area contributed by atoms with Crippen LogP contribution < -0.4 is 4.90 Å². The van der Waals surface area contributed by atoms with E-state index in [-0.39, 0.29) is 11.8 Å². The summed E-state index contributed by atoms with van der Waals surface area (Å²) >= 11 is 6.89. The SMILES string of the molecule is CCCCCCCN1C(=O)/C(=C2/SC(=S)N(C[C@@H](CC)CCCC)C2=O)c2ccccc21. The van der Waals surface area contributed by atoms with Gasteiger partial charge < -0.3 is 4.90 Å². The molecule has 2 aliphatic heterocycles. The summed E-state index contributed by atoms with van der Waals surface area (Å²) < 4.78 is 0.579. The average Bonchev–Trinajstić information content (AvgIpc) is 3.23. The van der Waals surface area contributed by atoms with Crippen molar-refractivity contribution >= 4 is 51.4 Å². The zero-order valence-corrected chi connectivity index (χ0v) is 21.3. The van der Waals surface area contributed by atoms with Gasteiger partial charge in [-0.3, -0.25) is 14.5 Å². The van der Waals surface area contributed by atoms with Gasteiger partial charge >= 0.3 is 0 Å². The monoisotopic (exact) mass is 472 g/mol. The van der Waals surface area contributed by atoms with Crippen LogP contribution in [0.4, 0.5) is 5.69 Å². The van der Waals surface area contributed by atoms with Gasteiger partial charge in [0.15, 0.2) is 0 Å². The number of anilines is 1. The Morgan fingerprint density at radius 1 is 0.906 bits per heavy atom. The van der Waals surface area contributed by atoms with Gasteiger partial charge in [-0.2, -0.15) is 0 Å². The van der Waals surface area contributed by atoms with Crippen molar-refractivity contribution in [2.24, 2.45) is 5.92 Å². The number of benzene rings is 1. The lowest BCUT2D eigenvalue weighted by Gasteiger charge is -2.21. The number of fused-ring (bicyclic) bond motifs is 1. The molecule has 2 aliphatic rings. The fourth-order valence-electron chi connectivity index (χ4n) is 4.48. The van der Waals surface area contributed by atoms with Crippen LogP contribution in [0.3, 0.4) is 0 Å². The lowest BCUT2D eigenvalue weighted by molar-refractivity contribution is -0.123. The number of nitrogens with zero attached hydrogens (tertiary/aromatic N) is 2. The Hall–Kier alpha value is -1.66. The second-order valence-corrected chi connectivity index (χ2v) is 10.4. The zero-order chi connectivity index (χ0) is 23.1. The van der Waals surface area contributed by atoms with E-state index in [2.05, 4.69) is 20.8 Å². The highest BCUT2D eigenvalue weighted by Gasteiger charge is 2.42. The van der Waals surface area contributed by atoms with E-state index in [1.165, 1.54) is 31.0 Å². The number of carbonyl (C=O) groups is 2. The first-order valence-electron chi connectivity index (χ1n) is 12.2. The molecule has 4 nitrogen and oxygen atoms in total. The van der Waals surface area contributed by atoms with Gasteiger partial charge in [-0.15, -0.1) is 0 Å². The van der Waals surface area contributed by atoms with Crippen molar-refractivity contribution in [3.8, 4) is 0 Å². The molecule has 2 amide bonds. The summed E-state index contributed by atoms with van der Waals surface area (Å²) in [6, 6.07) is 7.85. The summed E-state index contributed by atoms with van der Waals surface area (Å²) in [5.41, 5.74) is 2.32. The number of thiocarbonyl (C=S) groups is 1. The number of hydrogen-bond acceptors (Lipinski definition) is 4. The van der Waals surface area contributed by atoms with Crippen LogP contribution in [-0.2, 0) is 9.59 Å². The standard InChI is InChI=1S/C26H36N2O2S2/c1-4-7-9-10-13-17-27-21-16-12-11-15-20(21)22(24(27)29)23-25(30)28(26(31)32-23)18-19(6-3)14-8-5-2/h11-12,15-16,19H,4-10,13-14,17-18H2,1-3H3/b23-22+/t19-/m0/s1. The number of hydrogen-bond donors (Lipinski definition) is 0. The quantitative estimate of drug-likeness (QED) is 0.191. The van der Waals surface area contributed by atoms with Crippen LogP contribution in [0, 0.1) is 5.92 Å². The molecule has 174 valence electrons. The fraction of sp³-hybridized carbons (Fsp3) is 0.577. The van der Waals surface area contributed by atoms with E-state index in [4.69, 9.17) is 12.2 Å². The summed E-state index contributed by atoms with van der Waals surface area (Å²) in [7, 11) is 0. The Morgan fingerprint density at radius 3 is 2.34 bits per heavy atom. The molecule has 0 unspecified atom stereocenters. The van der Waals surface area contributed by atoms with Crippen LogP contribution in [0.15, 0.2) is 29.2 Å². The van der Waals surface area contributed by atoms with Crippen LogP contribution >= 0.6 is 24.0 Å². The molecule has 0 N–H and O–H groups in total. The predicted octanol–water partition coefficient (Wildman–Crippen LogP) is 6.79. The highest BCUT2D eigenvalue weighted by atomic mass is 32.2. The Morgan fingerprint density at radius 2 is 1.62 bits per heavy atom. The number of rotatable bonds is 12. The molecule has 0 spiro atoms. The molecule has 0 aliphatic carbocycles. The number of para-hydroxylation sites is 1. The maximum absolute atomic E-state index is 13.5. The van der Waals surface area contributed by atoms with E-state index in [1.54, 1.807) is 4.90 Å². The first-order valence-corrected chi connectivity index (χ1v) is 13.4. The van der Waals surface area contributed by atoms with Crippen molar-refractivity contribution in [2.45, 2.75) is 78.6 Å². The third-order valence-corrected chi connectivity index (χ3v) is 7.92. The van der Waals surface area contributed by atoms with Gasteiger partial charge in [-0.05, 0) is 24.8 Å². The van der Waals surface area contributed by atoms with Gasteiger partial charge in [0.2, 0.25) is 0 Å². The Labute approximate surface area is 202 Å². The van der Waals surface area contributed by atoms with E-state index in [1.807, 2.05) is 29.2 Å². The normalized spacial score (nSPS) is 19.3. The first kappa shape index (κ1) is 25.0. The van der Waals surface area contributed by atoms with Gasteiger partial charge in [-0.25, -0.2) is 0 Å². The number of amides is 2. The van der Waals surface area contributed by atoms with Crippen molar-refractivity contribution in [1.29, 1.82) is 0 Å². The van der Waals surface area contributed by atoms with Gasteiger partial charge in [0.1, 0.15) is 4.32 Å². The summed E-state index contributed by atoms with van der Waals surface area (Å²) in [5, 5.41) is 0. The number of thioether (sulfide) groups is 1. The smallest absolute Gasteiger partial charge is 0.267 e. The van der Waals surface area contributed by atoms with Crippen LogP contribution in [0.25, 0.3) is 5.57 Å². The van der Waals surface area contributed by atoms with E-state index in [9.17, 15) is 9.59 Å². The first-order chi connectivity index (χ1) is 15.5. The van der Waals surface area contributed by atoms with Gasteiger partial charge in [0.05, 0.1) is 16.2 Å². The predicted molar refractivity (Wildman–Crippen MR) is 140 cm³/mol. The molecule has 3 rings (SSSR count). The zero-order valence-electron chi connectivity index (χ0n) is 19.7. The average molecular weight is 473 g/mol. The third-order valence-electron chi connectivity index (χ3n) is 6.47. The van der Waals surface area contributed by atoms with Crippen LogP contribution in [-0.4, -0.2) is 34.1 Å². The maximum atomic E-state index is 13.5. The summed E-state index contributed by atoms with van der Waals surface area (Å²) in [6.45, 7) is 7.91. The van der Waals surface area contributed by atoms with Crippen molar-refractivity contribution in [3.05, 3.63) is 34.7 Å². The van der Waals surface area contributed by atoms with Gasteiger partial charge in [0.25, 0.3) is 11.8 Å². The minimum absolute atomic E-state index is 0.0554. The lowest BCUT2D eigenvalue weighted by Crippen LogP contribution is -2.33. The topological polar surface area (TPSA) is 40.6 Å². The molecular formula is C26H36N2O2S2. The molecule has 0 aromatic heterocycles. The molecule has 1 aromatic rings. The summed E-state index contributed by atoms with van der Waals surface area (Å²) in [4.78, 5) is 31.0. The second kappa shape index (κ2) is 12.0. The molecule has 1 fully saturated rings. The molecule has 32 heavy (non-hydrogen) atoms. The minimum atomic E-state index is -0.0992. The summed E-state index contributed by atoms with van der Waals surface area (Å²) in [6.07, 6.45) is 10.2. The molecule has 1 saturated heterocycles. The fourth-order valence-corrected chi connectivity index (χ4v) is 5.82. The molecule has 2 heterocycles. The Bertz CT molecular complexity index is 880. The highest BCUT2D eigenvalue weighted by molar-refractivity contribution is 8.26. The lowest BCUT2D eigenvalue weighted by atomic mass is 9.98. The summed E-state index contributed by atoms with van der Waals surface area (Å²) in [5.74, 6) is 0.283. The van der Waals surface area contributed by atoms with Crippen molar-refractivity contribution < 1.29 is 9.59 Å². The van der Waals surface area contributed by atoms with Crippen molar-refractivity contribution in [1.82, 2.24) is 4.90 Å². The largest absolute Gasteiger partial charge is 0.308 e. The van der Waals surface area contributed by atoms with Gasteiger partial charge in [0, 0.05) is 18.7 Å². The molecule has 0 bridgehead atoms. The number of unbranched alkanes of at least 4 members (excludes halogenated alkanes) is 5. The third kappa shape index (κ3) is 5.45. The van der Waals surface area contributed by atoms with Crippen molar-refractivity contribution in [2.75, 3.05) is 18.0 Å². The number of carbonyl (C=O) groups excluding carboxylic acids is 2. The van der Waals surface area contributed by atoms with E-state index in [0.717, 1.165) is 49.8 Å². The molecule has 0 radical (unpaired) electrons. The maximum Gasteiger partial charge on any atom is 0.267 e. The molecule has 1 atom stereocenters. The van der Waals surface area contributed by atoms with Crippen LogP contribution in [0.2, 0.25) is 0 Å². The Kier molecular flexibility index (Phi) is 9.35. The van der Waals surface area contributed by atoms with Crippen LogP contribution in [0.1, 0.15) is 84.1 Å². The second-order valence-electron chi connectivity index (χ2n) is 8.79. The van der Waals surface area contributed by atoms with E-state index in [0.29, 0.717) is 33.8 Å². The Balaban J connectivity index is 1.82. The van der Waals surface area contributed by atoms with Gasteiger partial charge in [-0.1, -0.05) is 108 Å². The molecule has 1 aromatic carbocycles. The van der Waals surface area contributed by atoms with E-state index >= 15 is 0 Å². The van der Waals surface area contributed by atoms with Crippen molar-refractivity contribution in [3.63, 3.8) is 0 Å². The molecule has 6 heteroatoms.